The van der Waals surface area contributed by atoms with Crippen molar-refractivity contribution in [2.45, 2.75) is 46.2 Å². The number of rotatable bonds is 9. The highest BCUT2D eigenvalue weighted by atomic mass is 16.2. The average molecular weight is 394 g/mol. The van der Waals surface area contributed by atoms with E-state index in [2.05, 4.69) is 31.4 Å². The van der Waals surface area contributed by atoms with E-state index >= 15 is 0 Å². The van der Waals surface area contributed by atoms with Crippen molar-refractivity contribution < 1.29 is 9.59 Å². The van der Waals surface area contributed by atoms with Crippen LogP contribution < -0.4 is 10.6 Å². The molecular weight excluding hydrogens is 362 g/mol. The minimum Gasteiger partial charge on any atom is -0.361 e. The van der Waals surface area contributed by atoms with Gasteiger partial charge in [0.25, 0.3) is 11.8 Å². The molecule has 0 bridgehead atoms. The highest BCUT2D eigenvalue weighted by Gasteiger charge is 2.36. The van der Waals surface area contributed by atoms with Crippen LogP contribution in [0.4, 0.5) is 5.69 Å². The average Bonchev–Trinajstić information content (AvgIpc) is 2.98. The van der Waals surface area contributed by atoms with Crippen molar-refractivity contribution in [3.63, 3.8) is 0 Å². The zero-order valence-electron chi connectivity index (χ0n) is 17.6. The third kappa shape index (κ3) is 4.97. The third-order valence-electron chi connectivity index (χ3n) is 5.27. The lowest BCUT2D eigenvalue weighted by Crippen LogP contribution is -2.33. The number of nitrogens with zero attached hydrogens (tertiary/aromatic N) is 1. The zero-order chi connectivity index (χ0) is 20.8. The standard InChI is InChI=1S/C24H31N3O2/c1-4-5-15-25-23(28)18-10-12-19(13-11-18)26-22-20-8-6-7-9-21(20)24(29)27(22)16-14-17(2)3/h6-13,17,22,26H,4-5,14-16H2,1-3H3,(H,25,28). The number of unbranched alkanes of at least 4 members (excludes halogenated alkanes) is 1. The van der Waals surface area contributed by atoms with Crippen LogP contribution in [0.15, 0.2) is 48.5 Å². The van der Waals surface area contributed by atoms with E-state index in [0.29, 0.717) is 24.6 Å². The van der Waals surface area contributed by atoms with Gasteiger partial charge in [0, 0.05) is 35.5 Å². The van der Waals surface area contributed by atoms with Crippen molar-refractivity contribution in [1.29, 1.82) is 0 Å². The topological polar surface area (TPSA) is 61.4 Å². The number of hydrogen-bond donors (Lipinski definition) is 2. The third-order valence-corrected chi connectivity index (χ3v) is 5.27. The Morgan fingerprint density at radius 1 is 1.10 bits per heavy atom. The van der Waals surface area contributed by atoms with Gasteiger partial charge in [-0.2, -0.15) is 0 Å². The van der Waals surface area contributed by atoms with Crippen LogP contribution in [0.25, 0.3) is 0 Å². The number of hydrogen-bond acceptors (Lipinski definition) is 3. The van der Waals surface area contributed by atoms with Crippen LogP contribution in [-0.2, 0) is 0 Å². The molecule has 2 aromatic rings. The van der Waals surface area contributed by atoms with Gasteiger partial charge in [-0.05, 0) is 49.1 Å². The fourth-order valence-electron chi connectivity index (χ4n) is 3.51. The molecule has 2 N–H and O–H groups in total. The monoisotopic (exact) mass is 393 g/mol. The Morgan fingerprint density at radius 3 is 2.52 bits per heavy atom. The summed E-state index contributed by atoms with van der Waals surface area (Å²) in [5.41, 5.74) is 3.30. The van der Waals surface area contributed by atoms with Gasteiger partial charge in [0.15, 0.2) is 0 Å². The van der Waals surface area contributed by atoms with E-state index in [0.717, 1.165) is 36.1 Å². The minimum absolute atomic E-state index is 0.0510. The van der Waals surface area contributed by atoms with Gasteiger partial charge in [0.2, 0.25) is 0 Å². The Morgan fingerprint density at radius 2 is 1.83 bits per heavy atom. The van der Waals surface area contributed by atoms with Crippen molar-refractivity contribution in [2.75, 3.05) is 18.4 Å². The summed E-state index contributed by atoms with van der Waals surface area (Å²) >= 11 is 0. The SMILES string of the molecule is CCCCNC(=O)c1ccc(NC2c3ccccc3C(=O)N2CCC(C)C)cc1. The molecule has 0 saturated heterocycles. The molecule has 2 aromatic carbocycles. The smallest absolute Gasteiger partial charge is 0.256 e. The molecule has 154 valence electrons. The maximum absolute atomic E-state index is 12.9. The van der Waals surface area contributed by atoms with Crippen LogP contribution in [0, 0.1) is 5.92 Å². The van der Waals surface area contributed by atoms with Crippen LogP contribution in [0.1, 0.15) is 72.5 Å². The molecule has 1 atom stereocenters. The summed E-state index contributed by atoms with van der Waals surface area (Å²) in [4.78, 5) is 27.0. The van der Waals surface area contributed by atoms with E-state index < -0.39 is 0 Å². The van der Waals surface area contributed by atoms with Crippen molar-refractivity contribution in [3.05, 3.63) is 65.2 Å². The number of fused-ring (bicyclic) bond motifs is 1. The number of amides is 2. The molecule has 3 rings (SSSR count). The Kier molecular flexibility index (Phi) is 6.91. The predicted molar refractivity (Wildman–Crippen MR) is 117 cm³/mol. The highest BCUT2D eigenvalue weighted by Crippen LogP contribution is 2.34. The van der Waals surface area contributed by atoms with Crippen molar-refractivity contribution >= 4 is 17.5 Å². The number of carbonyl (C=O) groups is 2. The van der Waals surface area contributed by atoms with Gasteiger partial charge in [-0.15, -0.1) is 0 Å². The molecule has 2 amide bonds. The molecule has 0 spiro atoms. The van der Waals surface area contributed by atoms with Gasteiger partial charge < -0.3 is 15.5 Å². The number of nitrogens with one attached hydrogen (secondary N) is 2. The summed E-state index contributed by atoms with van der Waals surface area (Å²) in [7, 11) is 0. The minimum atomic E-state index is -0.193. The second kappa shape index (κ2) is 9.59. The molecule has 1 aliphatic rings. The number of benzene rings is 2. The van der Waals surface area contributed by atoms with Crippen LogP contribution in [0.2, 0.25) is 0 Å². The van der Waals surface area contributed by atoms with Crippen molar-refractivity contribution in [2.24, 2.45) is 5.92 Å². The molecule has 0 aromatic heterocycles. The van der Waals surface area contributed by atoms with Gasteiger partial charge in [0.1, 0.15) is 6.17 Å². The van der Waals surface area contributed by atoms with E-state index in [-0.39, 0.29) is 18.0 Å². The second-order valence-corrected chi connectivity index (χ2v) is 8.00. The van der Waals surface area contributed by atoms with Gasteiger partial charge in [-0.3, -0.25) is 9.59 Å². The molecule has 1 heterocycles. The first-order chi connectivity index (χ1) is 14.0. The quantitative estimate of drug-likeness (QED) is 0.600. The number of carbonyl (C=O) groups excluding carboxylic acids is 2. The molecular formula is C24H31N3O2. The van der Waals surface area contributed by atoms with Crippen LogP contribution in [0.3, 0.4) is 0 Å². The fourth-order valence-corrected chi connectivity index (χ4v) is 3.51. The first kappa shape index (κ1) is 20.9. The molecule has 0 fully saturated rings. The lowest BCUT2D eigenvalue weighted by molar-refractivity contribution is 0.0734. The molecule has 0 saturated carbocycles. The Hall–Kier alpha value is -2.82. The van der Waals surface area contributed by atoms with Gasteiger partial charge in [-0.25, -0.2) is 0 Å². The van der Waals surface area contributed by atoms with Gasteiger partial charge >= 0.3 is 0 Å². The first-order valence-corrected chi connectivity index (χ1v) is 10.6. The largest absolute Gasteiger partial charge is 0.361 e. The van der Waals surface area contributed by atoms with Crippen molar-refractivity contribution in [3.8, 4) is 0 Å². The fraction of sp³-hybridized carbons (Fsp3) is 0.417. The normalized spacial score (nSPS) is 15.5. The molecule has 1 unspecified atom stereocenters. The molecule has 5 nitrogen and oxygen atoms in total. The van der Waals surface area contributed by atoms with Crippen LogP contribution in [-0.4, -0.2) is 29.8 Å². The molecule has 0 radical (unpaired) electrons. The zero-order valence-corrected chi connectivity index (χ0v) is 17.6. The summed E-state index contributed by atoms with van der Waals surface area (Å²) in [5, 5.41) is 6.43. The molecule has 0 aliphatic carbocycles. The molecule has 1 aliphatic heterocycles. The maximum Gasteiger partial charge on any atom is 0.256 e. The van der Waals surface area contributed by atoms with E-state index in [1.165, 1.54) is 0 Å². The Balaban J connectivity index is 1.74. The van der Waals surface area contributed by atoms with Crippen LogP contribution in [0.5, 0.6) is 0 Å². The second-order valence-electron chi connectivity index (χ2n) is 8.00. The summed E-state index contributed by atoms with van der Waals surface area (Å²) in [6, 6.07) is 15.2. The first-order valence-electron chi connectivity index (χ1n) is 10.6. The van der Waals surface area contributed by atoms with Crippen molar-refractivity contribution in [1.82, 2.24) is 10.2 Å². The van der Waals surface area contributed by atoms with E-state index in [1.54, 1.807) is 0 Å². The Labute approximate surface area is 173 Å². The maximum atomic E-state index is 12.9. The summed E-state index contributed by atoms with van der Waals surface area (Å²) in [5.74, 6) is 0.549. The summed E-state index contributed by atoms with van der Waals surface area (Å²) in [6.07, 6.45) is 2.79. The predicted octanol–water partition coefficient (Wildman–Crippen LogP) is 4.83. The van der Waals surface area contributed by atoms with Gasteiger partial charge in [0.05, 0.1) is 0 Å². The van der Waals surface area contributed by atoms with Crippen LogP contribution >= 0.6 is 0 Å². The van der Waals surface area contributed by atoms with E-state index in [9.17, 15) is 9.59 Å². The summed E-state index contributed by atoms with van der Waals surface area (Å²) < 4.78 is 0. The lowest BCUT2D eigenvalue weighted by Gasteiger charge is -2.28. The Bertz CT molecular complexity index is 845. The number of anilines is 1. The van der Waals surface area contributed by atoms with E-state index in [4.69, 9.17) is 0 Å². The molecule has 29 heavy (non-hydrogen) atoms. The highest BCUT2D eigenvalue weighted by molar-refractivity contribution is 5.99. The van der Waals surface area contributed by atoms with Gasteiger partial charge in [-0.1, -0.05) is 45.4 Å². The van der Waals surface area contributed by atoms with E-state index in [1.807, 2.05) is 53.4 Å². The molecule has 5 heteroatoms. The summed E-state index contributed by atoms with van der Waals surface area (Å²) in [6.45, 7) is 7.84. The lowest BCUT2D eigenvalue weighted by atomic mass is 10.1.